The molecule has 1 saturated heterocycles. The molecule has 1 aliphatic rings. The molecule has 0 bridgehead atoms. The molecular formula is C15H22N4O2. The van der Waals surface area contributed by atoms with E-state index < -0.39 is 0 Å². The summed E-state index contributed by atoms with van der Waals surface area (Å²) >= 11 is 0. The maximum Gasteiger partial charge on any atom is 0.251 e. The van der Waals surface area contributed by atoms with Gasteiger partial charge < -0.3 is 20.9 Å². The Hall–Kier alpha value is -2.08. The normalized spacial score (nSPS) is 15.8. The molecule has 21 heavy (non-hydrogen) atoms. The van der Waals surface area contributed by atoms with Crippen molar-refractivity contribution >= 4 is 17.5 Å². The van der Waals surface area contributed by atoms with E-state index in [4.69, 9.17) is 5.73 Å². The van der Waals surface area contributed by atoms with Crippen molar-refractivity contribution in [1.82, 2.24) is 15.1 Å². The number of nitrogens with zero attached hydrogens (tertiary/aromatic N) is 2. The number of nitrogen functional groups attached to an aromatic ring is 1. The minimum atomic E-state index is -0.200. The van der Waals surface area contributed by atoms with Crippen LogP contribution >= 0.6 is 0 Å². The number of nitrogens with one attached hydrogen (secondary N) is 1. The van der Waals surface area contributed by atoms with Gasteiger partial charge in [0.2, 0.25) is 5.91 Å². The molecule has 0 spiro atoms. The Morgan fingerprint density at radius 2 is 1.95 bits per heavy atom. The van der Waals surface area contributed by atoms with Gasteiger partial charge in [-0.25, -0.2) is 0 Å². The monoisotopic (exact) mass is 290 g/mol. The van der Waals surface area contributed by atoms with Crippen LogP contribution in [0.4, 0.5) is 5.69 Å². The van der Waals surface area contributed by atoms with Gasteiger partial charge in [-0.15, -0.1) is 0 Å². The highest BCUT2D eigenvalue weighted by molar-refractivity contribution is 5.95. The average Bonchev–Trinajstić information content (AvgIpc) is 2.47. The van der Waals surface area contributed by atoms with Crippen LogP contribution < -0.4 is 11.1 Å². The van der Waals surface area contributed by atoms with E-state index in [9.17, 15) is 9.59 Å². The number of carbonyl (C=O) groups excluding carboxylic acids is 2. The topological polar surface area (TPSA) is 78.7 Å². The highest BCUT2D eigenvalue weighted by atomic mass is 16.2. The summed E-state index contributed by atoms with van der Waals surface area (Å²) in [6.07, 6.45) is 0.331. The summed E-state index contributed by atoms with van der Waals surface area (Å²) in [6.45, 7) is 3.68. The molecule has 1 aromatic rings. The fourth-order valence-corrected chi connectivity index (χ4v) is 2.28. The smallest absolute Gasteiger partial charge is 0.251 e. The predicted octanol–water partition coefficient (Wildman–Crippen LogP) is 0.163. The molecule has 0 unspecified atom stereocenters. The van der Waals surface area contributed by atoms with Crippen molar-refractivity contribution in [2.45, 2.75) is 6.42 Å². The molecule has 1 heterocycles. The molecule has 0 radical (unpaired) electrons. The Kier molecular flexibility index (Phi) is 5.16. The largest absolute Gasteiger partial charge is 0.399 e. The van der Waals surface area contributed by atoms with Gasteiger partial charge in [-0.3, -0.25) is 9.59 Å². The lowest BCUT2D eigenvalue weighted by Crippen LogP contribution is -2.47. The van der Waals surface area contributed by atoms with Crippen molar-refractivity contribution in [3.05, 3.63) is 29.8 Å². The van der Waals surface area contributed by atoms with E-state index in [-0.39, 0.29) is 11.8 Å². The Bertz CT molecular complexity index is 510. The summed E-state index contributed by atoms with van der Waals surface area (Å²) in [5, 5.41) is 2.75. The van der Waals surface area contributed by atoms with Crippen LogP contribution in [-0.2, 0) is 4.79 Å². The zero-order valence-corrected chi connectivity index (χ0v) is 12.3. The van der Waals surface area contributed by atoms with Crippen molar-refractivity contribution in [1.29, 1.82) is 0 Å². The first kappa shape index (κ1) is 15.3. The first-order valence-corrected chi connectivity index (χ1v) is 7.16. The number of piperazine rings is 1. The molecule has 0 aliphatic carbocycles. The van der Waals surface area contributed by atoms with Gasteiger partial charge in [-0.2, -0.15) is 0 Å². The van der Waals surface area contributed by atoms with Crippen molar-refractivity contribution in [2.24, 2.45) is 0 Å². The highest BCUT2D eigenvalue weighted by Gasteiger charge is 2.18. The van der Waals surface area contributed by atoms with Crippen LogP contribution in [0.1, 0.15) is 16.8 Å². The lowest BCUT2D eigenvalue weighted by atomic mass is 10.2. The molecule has 0 saturated carbocycles. The van der Waals surface area contributed by atoms with Gasteiger partial charge in [-0.1, -0.05) is 6.07 Å². The zero-order chi connectivity index (χ0) is 15.2. The molecule has 0 atom stereocenters. The van der Waals surface area contributed by atoms with E-state index >= 15 is 0 Å². The van der Waals surface area contributed by atoms with E-state index in [1.54, 1.807) is 24.3 Å². The number of likely N-dealkylation sites (N-methyl/N-ethyl adjacent to an activating group) is 1. The summed E-state index contributed by atoms with van der Waals surface area (Å²) in [4.78, 5) is 28.0. The van der Waals surface area contributed by atoms with Crippen LogP contribution in [0.25, 0.3) is 0 Å². The first-order valence-electron chi connectivity index (χ1n) is 7.16. The van der Waals surface area contributed by atoms with Crippen molar-refractivity contribution in [3.63, 3.8) is 0 Å². The van der Waals surface area contributed by atoms with E-state index in [0.29, 0.717) is 24.2 Å². The van der Waals surface area contributed by atoms with Crippen LogP contribution in [0.3, 0.4) is 0 Å². The fraction of sp³-hybridized carbons (Fsp3) is 0.467. The van der Waals surface area contributed by atoms with Crippen molar-refractivity contribution in [2.75, 3.05) is 45.5 Å². The summed E-state index contributed by atoms with van der Waals surface area (Å²) in [5.74, 6) is -0.107. The number of hydrogen-bond donors (Lipinski definition) is 2. The first-order chi connectivity index (χ1) is 10.1. The van der Waals surface area contributed by atoms with E-state index in [0.717, 1.165) is 26.2 Å². The SMILES string of the molecule is CN1CCN(C(=O)CCNC(=O)c2cccc(N)c2)CC1. The average molecular weight is 290 g/mol. The van der Waals surface area contributed by atoms with Gasteiger partial charge in [0.05, 0.1) is 0 Å². The Labute approximate surface area is 124 Å². The molecular weight excluding hydrogens is 268 g/mol. The van der Waals surface area contributed by atoms with Gasteiger partial charge in [0.1, 0.15) is 0 Å². The summed E-state index contributed by atoms with van der Waals surface area (Å²) in [6, 6.07) is 6.79. The van der Waals surface area contributed by atoms with Crippen molar-refractivity contribution < 1.29 is 9.59 Å². The van der Waals surface area contributed by atoms with Crippen LogP contribution in [0.15, 0.2) is 24.3 Å². The van der Waals surface area contributed by atoms with Crippen LogP contribution in [0.2, 0.25) is 0 Å². The number of anilines is 1. The molecule has 0 aromatic heterocycles. The zero-order valence-electron chi connectivity index (χ0n) is 12.3. The minimum Gasteiger partial charge on any atom is -0.399 e. The number of rotatable bonds is 4. The standard InChI is InChI=1S/C15H22N4O2/c1-18-7-9-19(10-8-18)14(20)5-6-17-15(21)12-3-2-4-13(16)11-12/h2-4,11H,5-10,16H2,1H3,(H,17,21). The molecule has 2 amide bonds. The van der Waals surface area contributed by atoms with Crippen molar-refractivity contribution in [3.8, 4) is 0 Å². The maximum atomic E-state index is 12.0. The molecule has 6 nitrogen and oxygen atoms in total. The van der Waals surface area contributed by atoms with Gasteiger partial charge in [-0.05, 0) is 25.2 Å². The van der Waals surface area contributed by atoms with Gasteiger partial charge in [0, 0.05) is 50.4 Å². The molecule has 1 aliphatic heterocycles. The van der Waals surface area contributed by atoms with Gasteiger partial charge in [0.15, 0.2) is 0 Å². The number of amides is 2. The molecule has 6 heteroatoms. The maximum absolute atomic E-state index is 12.0. The number of carbonyl (C=O) groups is 2. The molecule has 1 aromatic carbocycles. The summed E-state index contributed by atoms with van der Waals surface area (Å²) < 4.78 is 0. The second kappa shape index (κ2) is 7.08. The highest BCUT2D eigenvalue weighted by Crippen LogP contribution is 2.06. The minimum absolute atomic E-state index is 0.0935. The summed E-state index contributed by atoms with van der Waals surface area (Å²) in [7, 11) is 2.05. The van der Waals surface area contributed by atoms with Crippen LogP contribution in [0.5, 0.6) is 0 Å². The van der Waals surface area contributed by atoms with Crippen LogP contribution in [0, 0.1) is 0 Å². The van der Waals surface area contributed by atoms with Gasteiger partial charge >= 0.3 is 0 Å². The molecule has 114 valence electrons. The third-order valence-electron chi connectivity index (χ3n) is 3.63. The predicted molar refractivity (Wildman–Crippen MR) is 81.9 cm³/mol. The Morgan fingerprint density at radius 3 is 2.62 bits per heavy atom. The fourth-order valence-electron chi connectivity index (χ4n) is 2.28. The third kappa shape index (κ3) is 4.46. The van der Waals surface area contributed by atoms with Gasteiger partial charge in [0.25, 0.3) is 5.91 Å². The quantitative estimate of drug-likeness (QED) is 0.775. The lowest BCUT2D eigenvalue weighted by Gasteiger charge is -2.32. The Balaban J connectivity index is 1.74. The molecule has 2 rings (SSSR count). The number of nitrogens with two attached hydrogens (primary N) is 1. The number of benzene rings is 1. The molecule has 1 fully saturated rings. The number of hydrogen-bond acceptors (Lipinski definition) is 4. The summed E-state index contributed by atoms with van der Waals surface area (Å²) in [5.41, 5.74) is 6.71. The molecule has 3 N–H and O–H groups in total. The second-order valence-electron chi connectivity index (χ2n) is 5.32. The van der Waals surface area contributed by atoms with Crippen LogP contribution in [-0.4, -0.2) is 61.4 Å². The second-order valence-corrected chi connectivity index (χ2v) is 5.32. The lowest BCUT2D eigenvalue weighted by molar-refractivity contribution is -0.132. The third-order valence-corrected chi connectivity index (χ3v) is 3.63. The van der Waals surface area contributed by atoms with E-state index in [1.165, 1.54) is 0 Å². The van der Waals surface area contributed by atoms with E-state index in [1.807, 2.05) is 11.9 Å². The Morgan fingerprint density at radius 1 is 1.24 bits per heavy atom. The van der Waals surface area contributed by atoms with E-state index in [2.05, 4.69) is 10.2 Å².